The van der Waals surface area contributed by atoms with Gasteiger partial charge in [-0.2, -0.15) is 0 Å². The summed E-state index contributed by atoms with van der Waals surface area (Å²) in [6, 6.07) is 9.17. The summed E-state index contributed by atoms with van der Waals surface area (Å²) in [6.07, 6.45) is 6.47. The first-order valence-corrected chi connectivity index (χ1v) is 7.47. The van der Waals surface area contributed by atoms with Crippen molar-refractivity contribution in [3.63, 3.8) is 0 Å². The zero-order chi connectivity index (χ0) is 12.9. The number of ether oxygens (including phenoxy) is 2. The molecule has 0 aromatic heterocycles. The Kier molecular flexibility index (Phi) is 4.36. The van der Waals surface area contributed by atoms with E-state index in [4.69, 9.17) is 9.47 Å². The molecule has 1 unspecified atom stereocenters. The van der Waals surface area contributed by atoms with Crippen molar-refractivity contribution in [3.05, 3.63) is 29.8 Å². The van der Waals surface area contributed by atoms with Gasteiger partial charge in [0, 0.05) is 25.6 Å². The summed E-state index contributed by atoms with van der Waals surface area (Å²) < 4.78 is 11.4. The van der Waals surface area contributed by atoms with Gasteiger partial charge in [0.15, 0.2) is 0 Å². The van der Waals surface area contributed by atoms with Crippen molar-refractivity contribution in [3.8, 4) is 5.75 Å². The lowest BCUT2D eigenvalue weighted by atomic mass is 10.2. The predicted molar refractivity (Wildman–Crippen MR) is 75.4 cm³/mol. The van der Waals surface area contributed by atoms with Gasteiger partial charge >= 0.3 is 0 Å². The van der Waals surface area contributed by atoms with Crippen LogP contribution in [0.2, 0.25) is 0 Å². The summed E-state index contributed by atoms with van der Waals surface area (Å²) in [5, 5.41) is 3.53. The second kappa shape index (κ2) is 6.40. The number of hydrogen-bond acceptors (Lipinski definition) is 3. The van der Waals surface area contributed by atoms with Gasteiger partial charge in [-0.15, -0.1) is 0 Å². The molecule has 1 atom stereocenters. The van der Waals surface area contributed by atoms with Crippen LogP contribution in [-0.2, 0) is 11.3 Å². The Morgan fingerprint density at radius 3 is 3.00 bits per heavy atom. The average molecular weight is 261 g/mol. The van der Waals surface area contributed by atoms with Gasteiger partial charge in [0.05, 0.1) is 12.7 Å². The molecule has 2 fully saturated rings. The molecule has 0 bridgehead atoms. The average Bonchev–Trinajstić information content (AvgIpc) is 3.13. The third-order valence-electron chi connectivity index (χ3n) is 3.80. The number of nitrogens with one attached hydrogen (secondary N) is 1. The fourth-order valence-electron chi connectivity index (χ4n) is 2.48. The van der Waals surface area contributed by atoms with Gasteiger partial charge < -0.3 is 14.8 Å². The molecule has 1 aliphatic carbocycles. The van der Waals surface area contributed by atoms with Crippen molar-refractivity contribution >= 4 is 0 Å². The van der Waals surface area contributed by atoms with Crippen LogP contribution >= 0.6 is 0 Å². The Bertz CT molecular complexity index is 397. The maximum atomic E-state index is 5.82. The third kappa shape index (κ3) is 4.22. The molecule has 1 saturated carbocycles. The van der Waals surface area contributed by atoms with Crippen LogP contribution in [0.1, 0.15) is 37.7 Å². The topological polar surface area (TPSA) is 30.5 Å². The Hall–Kier alpha value is -1.06. The lowest BCUT2D eigenvalue weighted by Crippen LogP contribution is -2.15. The minimum absolute atomic E-state index is 0.416. The second-order valence-electron chi connectivity index (χ2n) is 5.57. The first kappa shape index (κ1) is 12.9. The molecule has 104 valence electrons. The van der Waals surface area contributed by atoms with E-state index in [1.807, 2.05) is 6.07 Å². The fourth-order valence-corrected chi connectivity index (χ4v) is 2.48. The van der Waals surface area contributed by atoms with Gasteiger partial charge in [-0.05, 0) is 43.4 Å². The highest BCUT2D eigenvalue weighted by atomic mass is 16.5. The van der Waals surface area contributed by atoms with Crippen molar-refractivity contribution < 1.29 is 9.47 Å². The highest BCUT2D eigenvalue weighted by Crippen LogP contribution is 2.21. The first-order valence-electron chi connectivity index (χ1n) is 7.47. The maximum Gasteiger partial charge on any atom is 0.119 e. The van der Waals surface area contributed by atoms with E-state index in [9.17, 15) is 0 Å². The molecule has 3 heteroatoms. The normalized spacial score (nSPS) is 22.6. The molecule has 1 heterocycles. The van der Waals surface area contributed by atoms with E-state index >= 15 is 0 Å². The molecule has 1 aliphatic heterocycles. The summed E-state index contributed by atoms with van der Waals surface area (Å²) >= 11 is 0. The summed E-state index contributed by atoms with van der Waals surface area (Å²) in [4.78, 5) is 0. The van der Waals surface area contributed by atoms with Crippen molar-refractivity contribution in [1.29, 1.82) is 0 Å². The molecule has 0 spiro atoms. The molecule has 2 aliphatic rings. The van der Waals surface area contributed by atoms with Crippen molar-refractivity contribution in [2.24, 2.45) is 0 Å². The van der Waals surface area contributed by atoms with Gasteiger partial charge in [0.1, 0.15) is 5.75 Å². The van der Waals surface area contributed by atoms with Crippen LogP contribution in [-0.4, -0.2) is 25.4 Å². The number of benzene rings is 1. The van der Waals surface area contributed by atoms with Gasteiger partial charge in [-0.1, -0.05) is 12.1 Å². The highest BCUT2D eigenvalue weighted by Gasteiger charge is 2.20. The monoisotopic (exact) mass is 261 g/mol. The number of rotatable bonds is 7. The van der Waals surface area contributed by atoms with Crippen LogP contribution in [0.4, 0.5) is 0 Å². The molecule has 19 heavy (non-hydrogen) atoms. The van der Waals surface area contributed by atoms with E-state index in [1.54, 1.807) is 0 Å². The maximum absolute atomic E-state index is 5.82. The summed E-state index contributed by atoms with van der Waals surface area (Å²) in [6.45, 7) is 2.63. The Labute approximate surface area is 115 Å². The molecule has 3 rings (SSSR count). The van der Waals surface area contributed by atoms with Crippen LogP contribution in [0.5, 0.6) is 5.75 Å². The van der Waals surface area contributed by atoms with E-state index < -0.39 is 0 Å². The van der Waals surface area contributed by atoms with E-state index in [0.29, 0.717) is 6.10 Å². The molecule has 1 aromatic rings. The smallest absolute Gasteiger partial charge is 0.119 e. The largest absolute Gasteiger partial charge is 0.493 e. The minimum atomic E-state index is 0.416. The molecule has 1 aromatic carbocycles. The van der Waals surface area contributed by atoms with Crippen LogP contribution in [0.3, 0.4) is 0 Å². The third-order valence-corrected chi connectivity index (χ3v) is 3.80. The fraction of sp³-hybridized carbons (Fsp3) is 0.625. The minimum Gasteiger partial charge on any atom is -0.493 e. The van der Waals surface area contributed by atoms with E-state index in [0.717, 1.165) is 38.0 Å². The quantitative estimate of drug-likeness (QED) is 0.818. The van der Waals surface area contributed by atoms with E-state index in [-0.39, 0.29) is 0 Å². The molecule has 0 radical (unpaired) electrons. The molecule has 0 amide bonds. The highest BCUT2D eigenvalue weighted by molar-refractivity contribution is 5.28. The molecule has 1 N–H and O–H groups in total. The van der Waals surface area contributed by atoms with E-state index in [1.165, 1.54) is 31.2 Å². The molecule has 3 nitrogen and oxygen atoms in total. The van der Waals surface area contributed by atoms with Crippen molar-refractivity contribution in [1.82, 2.24) is 5.32 Å². The van der Waals surface area contributed by atoms with Gasteiger partial charge in [-0.25, -0.2) is 0 Å². The standard InChI is InChI=1S/C16H23NO2/c1-3-13(12-17-14-6-7-14)11-16(4-1)19-10-8-15-5-2-9-18-15/h1,3-4,11,14-15,17H,2,5-10,12H2. The zero-order valence-corrected chi connectivity index (χ0v) is 11.4. The zero-order valence-electron chi connectivity index (χ0n) is 11.4. The first-order chi connectivity index (χ1) is 9.40. The lowest BCUT2D eigenvalue weighted by molar-refractivity contribution is 0.0903. The van der Waals surface area contributed by atoms with Crippen molar-refractivity contribution in [2.45, 2.75) is 50.8 Å². The molecular weight excluding hydrogens is 238 g/mol. The van der Waals surface area contributed by atoms with E-state index in [2.05, 4.69) is 23.5 Å². The van der Waals surface area contributed by atoms with Gasteiger partial charge in [-0.3, -0.25) is 0 Å². The summed E-state index contributed by atoms with van der Waals surface area (Å²) in [5.74, 6) is 0.980. The summed E-state index contributed by atoms with van der Waals surface area (Å²) in [5.41, 5.74) is 1.31. The van der Waals surface area contributed by atoms with Crippen LogP contribution < -0.4 is 10.1 Å². The second-order valence-corrected chi connectivity index (χ2v) is 5.57. The van der Waals surface area contributed by atoms with Gasteiger partial charge in [0.2, 0.25) is 0 Å². The molecule has 1 saturated heterocycles. The van der Waals surface area contributed by atoms with Crippen LogP contribution in [0, 0.1) is 0 Å². The Balaban J connectivity index is 1.42. The van der Waals surface area contributed by atoms with Crippen LogP contribution in [0.15, 0.2) is 24.3 Å². The summed E-state index contributed by atoms with van der Waals surface area (Å²) in [7, 11) is 0. The predicted octanol–water partition coefficient (Wildman–Crippen LogP) is 2.89. The SMILES string of the molecule is c1cc(CNC2CC2)cc(OCCC2CCCO2)c1. The molecular formula is C16H23NO2. The Morgan fingerprint density at radius 2 is 2.21 bits per heavy atom. The lowest BCUT2D eigenvalue weighted by Gasteiger charge is -2.11. The van der Waals surface area contributed by atoms with Gasteiger partial charge in [0.25, 0.3) is 0 Å². The number of hydrogen-bond donors (Lipinski definition) is 1. The van der Waals surface area contributed by atoms with Crippen LogP contribution in [0.25, 0.3) is 0 Å². The Morgan fingerprint density at radius 1 is 1.26 bits per heavy atom. The van der Waals surface area contributed by atoms with Crippen molar-refractivity contribution in [2.75, 3.05) is 13.2 Å².